The molecule has 1 amide bonds. The van der Waals surface area contributed by atoms with Crippen molar-refractivity contribution < 1.29 is 13.2 Å². The number of aryl methyl sites for hydroxylation is 1. The third kappa shape index (κ3) is 4.95. The van der Waals surface area contributed by atoms with E-state index in [1.807, 2.05) is 25.1 Å². The van der Waals surface area contributed by atoms with Crippen molar-refractivity contribution in [1.82, 2.24) is 9.29 Å². The second-order valence-electron chi connectivity index (χ2n) is 6.50. The van der Waals surface area contributed by atoms with Crippen LogP contribution in [0.2, 0.25) is 0 Å². The smallest absolute Gasteiger partial charge is 0.241 e. The summed E-state index contributed by atoms with van der Waals surface area (Å²) in [5.74, 6) is -0.864. The Balaban J connectivity index is 1.56. The number of nitrogens with zero attached hydrogens (tertiary/aromatic N) is 3. The van der Waals surface area contributed by atoms with Crippen molar-refractivity contribution >= 4 is 33.1 Å². The molecule has 1 aromatic carbocycles. The molecule has 3 rings (SSSR count). The molecule has 0 spiro atoms. The van der Waals surface area contributed by atoms with Crippen LogP contribution in [0.3, 0.4) is 0 Å². The minimum absolute atomic E-state index is 0.326. The van der Waals surface area contributed by atoms with Crippen molar-refractivity contribution in [2.75, 3.05) is 47.9 Å². The van der Waals surface area contributed by atoms with Crippen LogP contribution in [0, 0.1) is 6.92 Å². The monoisotopic (exact) mass is 389 g/mol. The van der Waals surface area contributed by atoms with Crippen molar-refractivity contribution in [3.63, 3.8) is 0 Å². The predicted molar refractivity (Wildman–Crippen MR) is 106 cm³/mol. The van der Waals surface area contributed by atoms with Gasteiger partial charge in [0.2, 0.25) is 15.9 Å². The Morgan fingerprint density at radius 2 is 1.93 bits per heavy atom. The first-order valence-electron chi connectivity index (χ1n) is 8.64. The quantitative estimate of drug-likeness (QED) is 0.792. The number of rotatable bonds is 5. The molecular formula is C18H23N5O3S. The number of piperazine rings is 1. The van der Waals surface area contributed by atoms with Gasteiger partial charge >= 0.3 is 0 Å². The molecule has 9 heteroatoms. The van der Waals surface area contributed by atoms with Crippen molar-refractivity contribution in [3.8, 4) is 0 Å². The lowest BCUT2D eigenvalue weighted by atomic mass is 10.2. The minimum Gasteiger partial charge on any atom is -0.384 e. The molecule has 1 aromatic heterocycles. The van der Waals surface area contributed by atoms with E-state index < -0.39 is 21.7 Å². The van der Waals surface area contributed by atoms with Gasteiger partial charge in [0, 0.05) is 31.9 Å². The van der Waals surface area contributed by atoms with E-state index in [0.29, 0.717) is 37.7 Å². The van der Waals surface area contributed by atoms with Gasteiger partial charge in [-0.05, 0) is 36.8 Å². The molecular weight excluding hydrogens is 366 g/mol. The van der Waals surface area contributed by atoms with Crippen LogP contribution < -0.4 is 16.0 Å². The number of pyridine rings is 1. The third-order valence-corrected chi connectivity index (χ3v) is 6.16. The van der Waals surface area contributed by atoms with Gasteiger partial charge in [-0.3, -0.25) is 4.79 Å². The number of hydrogen-bond acceptors (Lipinski definition) is 6. The Labute approximate surface area is 159 Å². The molecule has 2 heterocycles. The van der Waals surface area contributed by atoms with Crippen LogP contribution >= 0.6 is 0 Å². The maximum atomic E-state index is 12.5. The lowest BCUT2D eigenvalue weighted by Crippen LogP contribution is -2.50. The van der Waals surface area contributed by atoms with E-state index in [1.54, 1.807) is 6.07 Å². The lowest BCUT2D eigenvalue weighted by Gasteiger charge is -2.35. The van der Waals surface area contributed by atoms with Crippen molar-refractivity contribution in [2.24, 2.45) is 0 Å². The topological polar surface area (TPSA) is 109 Å². The van der Waals surface area contributed by atoms with E-state index in [1.165, 1.54) is 16.6 Å². The number of nitrogen functional groups attached to an aromatic ring is 1. The number of benzene rings is 1. The summed E-state index contributed by atoms with van der Waals surface area (Å²) < 4.78 is 26.5. The number of carbonyl (C=O) groups excluding carboxylic acids is 1. The van der Waals surface area contributed by atoms with Gasteiger partial charge in [0.15, 0.2) is 0 Å². The van der Waals surface area contributed by atoms with E-state index in [4.69, 9.17) is 5.73 Å². The van der Waals surface area contributed by atoms with E-state index >= 15 is 0 Å². The van der Waals surface area contributed by atoms with Crippen LogP contribution in [-0.2, 0) is 14.8 Å². The number of amides is 1. The second kappa shape index (κ2) is 7.93. The Morgan fingerprint density at radius 1 is 1.19 bits per heavy atom. The molecule has 1 saturated heterocycles. The van der Waals surface area contributed by atoms with Crippen LogP contribution in [0.4, 0.5) is 17.2 Å². The largest absolute Gasteiger partial charge is 0.384 e. The zero-order valence-electron chi connectivity index (χ0n) is 15.1. The summed E-state index contributed by atoms with van der Waals surface area (Å²) in [7, 11) is -3.68. The van der Waals surface area contributed by atoms with Gasteiger partial charge in [0.25, 0.3) is 0 Å². The minimum atomic E-state index is -3.68. The van der Waals surface area contributed by atoms with Gasteiger partial charge in [0.05, 0.1) is 11.9 Å². The van der Waals surface area contributed by atoms with Crippen LogP contribution in [0.5, 0.6) is 0 Å². The predicted octanol–water partition coefficient (Wildman–Crippen LogP) is 1.06. The number of nitrogens with one attached hydrogen (secondary N) is 1. The highest BCUT2D eigenvalue weighted by Crippen LogP contribution is 2.19. The Kier molecular flexibility index (Phi) is 5.62. The summed E-state index contributed by atoms with van der Waals surface area (Å²) in [6, 6.07) is 11.2. The van der Waals surface area contributed by atoms with Gasteiger partial charge in [-0.2, -0.15) is 4.31 Å². The molecule has 0 bridgehead atoms. The summed E-state index contributed by atoms with van der Waals surface area (Å²) in [6.07, 6.45) is 1.39. The van der Waals surface area contributed by atoms with Crippen molar-refractivity contribution in [1.29, 1.82) is 0 Å². The number of anilines is 3. The molecule has 0 unspecified atom stereocenters. The summed E-state index contributed by atoms with van der Waals surface area (Å²) >= 11 is 0. The van der Waals surface area contributed by atoms with Gasteiger partial charge in [-0.25, -0.2) is 13.4 Å². The van der Waals surface area contributed by atoms with Crippen molar-refractivity contribution in [3.05, 3.63) is 48.2 Å². The molecule has 1 aliphatic rings. The molecule has 27 heavy (non-hydrogen) atoms. The first-order valence-corrected chi connectivity index (χ1v) is 10.3. The fourth-order valence-electron chi connectivity index (χ4n) is 2.98. The summed E-state index contributed by atoms with van der Waals surface area (Å²) in [4.78, 5) is 18.1. The van der Waals surface area contributed by atoms with E-state index in [0.717, 1.165) is 11.3 Å². The summed E-state index contributed by atoms with van der Waals surface area (Å²) in [6.45, 7) is 3.91. The zero-order chi connectivity index (χ0) is 19.4. The average Bonchev–Trinajstić information content (AvgIpc) is 2.63. The highest BCUT2D eigenvalue weighted by atomic mass is 32.2. The molecule has 1 fully saturated rings. The molecule has 1 aliphatic heterocycles. The molecule has 2 aromatic rings. The van der Waals surface area contributed by atoms with E-state index in [2.05, 4.69) is 21.3 Å². The molecule has 144 valence electrons. The molecule has 3 N–H and O–H groups in total. The first-order chi connectivity index (χ1) is 12.8. The highest BCUT2D eigenvalue weighted by molar-refractivity contribution is 7.89. The molecule has 0 radical (unpaired) electrons. The maximum absolute atomic E-state index is 12.5. The fourth-order valence-corrected chi connectivity index (χ4v) is 4.29. The van der Waals surface area contributed by atoms with Gasteiger partial charge in [-0.15, -0.1) is 0 Å². The number of carbonyl (C=O) groups is 1. The number of aromatic nitrogens is 1. The standard InChI is InChI=1S/C18H23N5O3S/c1-14-3-2-4-16(11-14)22-7-9-23(10-8-22)27(25,26)13-18(24)21-15-5-6-17(19)20-12-15/h2-6,11-12H,7-10,13H2,1H3,(H2,19,20)(H,21,24). The normalized spacial score (nSPS) is 15.5. The SMILES string of the molecule is Cc1cccc(N2CCN(S(=O)(=O)CC(=O)Nc3ccc(N)nc3)CC2)c1. The van der Waals surface area contributed by atoms with Crippen molar-refractivity contribution in [2.45, 2.75) is 6.92 Å². The van der Waals surface area contributed by atoms with E-state index in [-0.39, 0.29) is 0 Å². The van der Waals surface area contributed by atoms with Gasteiger partial charge in [-0.1, -0.05) is 12.1 Å². The number of sulfonamides is 1. The molecule has 0 saturated carbocycles. The fraction of sp³-hybridized carbons (Fsp3) is 0.333. The molecule has 8 nitrogen and oxygen atoms in total. The Bertz CT molecular complexity index is 907. The highest BCUT2D eigenvalue weighted by Gasteiger charge is 2.29. The van der Waals surface area contributed by atoms with Crippen LogP contribution in [0.15, 0.2) is 42.6 Å². The lowest BCUT2D eigenvalue weighted by molar-refractivity contribution is -0.113. The average molecular weight is 389 g/mol. The Morgan fingerprint density at radius 3 is 2.56 bits per heavy atom. The first kappa shape index (κ1) is 19.1. The summed E-state index contributed by atoms with van der Waals surface area (Å²) in [5.41, 5.74) is 8.15. The molecule has 0 aliphatic carbocycles. The third-order valence-electron chi connectivity index (χ3n) is 4.38. The van der Waals surface area contributed by atoms with Crippen LogP contribution in [0.1, 0.15) is 5.56 Å². The molecule has 0 atom stereocenters. The number of hydrogen-bond donors (Lipinski definition) is 2. The van der Waals surface area contributed by atoms with Crippen LogP contribution in [-0.4, -0.2) is 55.5 Å². The zero-order valence-corrected chi connectivity index (χ0v) is 15.9. The Hall–Kier alpha value is -2.65. The van der Waals surface area contributed by atoms with Crippen LogP contribution in [0.25, 0.3) is 0 Å². The summed E-state index contributed by atoms with van der Waals surface area (Å²) in [5, 5.41) is 2.53. The van der Waals surface area contributed by atoms with E-state index in [9.17, 15) is 13.2 Å². The van der Waals surface area contributed by atoms with Gasteiger partial charge in [0.1, 0.15) is 11.6 Å². The maximum Gasteiger partial charge on any atom is 0.241 e. The second-order valence-corrected chi connectivity index (χ2v) is 8.47. The van der Waals surface area contributed by atoms with Gasteiger partial charge < -0.3 is 16.0 Å². The number of nitrogens with two attached hydrogens (primary N) is 1.